The van der Waals surface area contributed by atoms with Crippen molar-refractivity contribution in [2.24, 2.45) is 28.6 Å². The maximum absolute atomic E-state index is 13.4. The molecule has 6 unspecified atom stereocenters. The topological polar surface area (TPSA) is 72.5 Å². The molecule has 0 aromatic carbocycles. The Hall–Kier alpha value is -1.65. The summed E-state index contributed by atoms with van der Waals surface area (Å²) in [6.07, 6.45) is 6.66. The van der Waals surface area contributed by atoms with Gasteiger partial charge >= 0.3 is 5.97 Å². The van der Waals surface area contributed by atoms with Gasteiger partial charge in [0.25, 0.3) is 0 Å². The van der Waals surface area contributed by atoms with Crippen LogP contribution in [0.4, 0.5) is 0 Å². The van der Waals surface area contributed by atoms with Gasteiger partial charge in [-0.3, -0.25) is 14.4 Å². The lowest BCUT2D eigenvalue weighted by atomic mass is 9.44. The number of carbonyl (C=O) groups excluding carboxylic acids is 3. The number of rotatable bonds is 1. The molecule has 28 heavy (non-hydrogen) atoms. The number of esters is 1. The highest BCUT2D eigenvalue weighted by Gasteiger charge is 2.61. The van der Waals surface area contributed by atoms with E-state index in [0.29, 0.717) is 12.3 Å². The highest BCUT2D eigenvalue weighted by molar-refractivity contribution is 5.95. The van der Waals surface area contributed by atoms with Gasteiger partial charge in [0.05, 0.1) is 0 Å². The van der Waals surface area contributed by atoms with E-state index >= 15 is 0 Å². The molecule has 6 atom stereocenters. The standard InChI is InChI=1S/C23H33NO4/c1-13(25)28-18-9-10-22(4)14-8-11-23(5)15(6-7-19(27)24-23)20(14)16(26)12-17(22)21(18,2)3/h12,14-15,18,20H,6-11H2,1-5H3,(H,24,27). The number of allylic oxidation sites excluding steroid dienone is 1. The highest BCUT2D eigenvalue weighted by Crippen LogP contribution is 2.63. The first-order valence-electron chi connectivity index (χ1n) is 10.7. The Labute approximate surface area is 167 Å². The maximum atomic E-state index is 13.4. The Balaban J connectivity index is 1.73. The second-order valence-corrected chi connectivity index (χ2v) is 10.5. The van der Waals surface area contributed by atoms with Crippen LogP contribution >= 0.6 is 0 Å². The second kappa shape index (κ2) is 6.17. The van der Waals surface area contributed by atoms with E-state index in [-0.39, 0.29) is 52.0 Å². The average molecular weight is 388 g/mol. The predicted octanol–water partition coefficient (Wildman–Crippen LogP) is 3.56. The molecule has 5 heteroatoms. The van der Waals surface area contributed by atoms with E-state index in [4.69, 9.17) is 4.74 Å². The number of amides is 1. The molecule has 1 amide bonds. The summed E-state index contributed by atoms with van der Waals surface area (Å²) >= 11 is 0. The van der Waals surface area contributed by atoms with Crippen LogP contribution in [0.25, 0.3) is 0 Å². The molecule has 4 aliphatic rings. The Kier molecular flexibility index (Phi) is 4.33. The molecular weight excluding hydrogens is 354 g/mol. The summed E-state index contributed by atoms with van der Waals surface area (Å²) in [6.45, 7) is 10.1. The van der Waals surface area contributed by atoms with Gasteiger partial charge in [-0.2, -0.15) is 0 Å². The normalized spacial score (nSPS) is 44.4. The molecule has 5 nitrogen and oxygen atoms in total. The summed E-state index contributed by atoms with van der Waals surface area (Å²) in [5.74, 6) is 0.556. The van der Waals surface area contributed by atoms with Crippen LogP contribution in [-0.2, 0) is 19.1 Å². The Bertz CT molecular complexity index is 769. The minimum Gasteiger partial charge on any atom is -0.462 e. The molecule has 3 fully saturated rings. The van der Waals surface area contributed by atoms with Crippen LogP contribution in [0.5, 0.6) is 0 Å². The molecule has 3 aliphatic carbocycles. The lowest BCUT2D eigenvalue weighted by Gasteiger charge is -2.61. The van der Waals surface area contributed by atoms with Gasteiger partial charge in [0, 0.05) is 30.2 Å². The number of nitrogens with one attached hydrogen (secondary N) is 1. The van der Waals surface area contributed by atoms with Crippen molar-refractivity contribution < 1.29 is 19.1 Å². The summed E-state index contributed by atoms with van der Waals surface area (Å²) in [5, 5.41) is 3.21. The van der Waals surface area contributed by atoms with E-state index in [1.807, 2.05) is 6.08 Å². The van der Waals surface area contributed by atoms with Crippen molar-refractivity contribution in [3.05, 3.63) is 11.6 Å². The van der Waals surface area contributed by atoms with Gasteiger partial charge in [-0.25, -0.2) is 0 Å². The Morgan fingerprint density at radius 2 is 1.79 bits per heavy atom. The number of fused-ring (bicyclic) bond motifs is 5. The van der Waals surface area contributed by atoms with Gasteiger partial charge in [-0.05, 0) is 62.4 Å². The lowest BCUT2D eigenvalue weighted by molar-refractivity contribution is -0.158. The molecule has 1 saturated heterocycles. The number of piperidine rings is 1. The fourth-order valence-corrected chi connectivity index (χ4v) is 7.15. The average Bonchev–Trinajstić information content (AvgIpc) is 2.58. The van der Waals surface area contributed by atoms with Gasteiger partial charge in [-0.1, -0.05) is 26.3 Å². The minimum absolute atomic E-state index is 0.0193. The molecule has 0 spiro atoms. The fourth-order valence-electron chi connectivity index (χ4n) is 7.15. The first kappa shape index (κ1) is 19.7. The summed E-state index contributed by atoms with van der Waals surface area (Å²) in [7, 11) is 0. The summed E-state index contributed by atoms with van der Waals surface area (Å²) in [5.41, 5.74) is 0.493. The molecule has 4 rings (SSSR count). The zero-order valence-corrected chi connectivity index (χ0v) is 17.8. The van der Waals surface area contributed by atoms with Gasteiger partial charge < -0.3 is 10.1 Å². The number of hydrogen-bond donors (Lipinski definition) is 1. The fraction of sp³-hybridized carbons (Fsp3) is 0.783. The Morgan fingerprint density at radius 3 is 2.46 bits per heavy atom. The monoisotopic (exact) mass is 387 g/mol. The van der Waals surface area contributed by atoms with Crippen molar-refractivity contribution in [2.45, 2.75) is 84.8 Å². The SMILES string of the molecule is CC(=O)OC1CCC2(C)C(=CC(=O)C3C4CCC(=O)NC4(C)CCC32)C1(C)C. The minimum atomic E-state index is -0.346. The number of ether oxygens (including phenoxy) is 1. The van der Waals surface area contributed by atoms with E-state index in [0.717, 1.165) is 37.7 Å². The van der Waals surface area contributed by atoms with Gasteiger partial charge in [0.2, 0.25) is 5.91 Å². The quantitative estimate of drug-likeness (QED) is 0.698. The van der Waals surface area contributed by atoms with Gasteiger partial charge in [0.1, 0.15) is 6.10 Å². The third-order valence-electron chi connectivity index (χ3n) is 8.55. The van der Waals surface area contributed by atoms with Crippen molar-refractivity contribution in [3.63, 3.8) is 0 Å². The van der Waals surface area contributed by atoms with Crippen LogP contribution in [0.1, 0.15) is 73.1 Å². The lowest BCUT2D eigenvalue weighted by Crippen LogP contribution is -2.65. The van der Waals surface area contributed by atoms with E-state index in [1.165, 1.54) is 6.92 Å². The first-order valence-corrected chi connectivity index (χ1v) is 10.7. The maximum Gasteiger partial charge on any atom is 0.302 e. The van der Waals surface area contributed by atoms with Crippen molar-refractivity contribution in [1.29, 1.82) is 0 Å². The molecule has 1 heterocycles. The summed E-state index contributed by atoms with van der Waals surface area (Å²) < 4.78 is 5.65. The van der Waals surface area contributed by atoms with Crippen LogP contribution in [0.15, 0.2) is 11.6 Å². The number of hydrogen-bond acceptors (Lipinski definition) is 4. The highest BCUT2D eigenvalue weighted by atomic mass is 16.5. The zero-order chi connectivity index (χ0) is 20.5. The Morgan fingerprint density at radius 1 is 1.07 bits per heavy atom. The molecule has 0 aromatic rings. The van der Waals surface area contributed by atoms with Crippen molar-refractivity contribution in [3.8, 4) is 0 Å². The number of carbonyl (C=O) groups is 3. The van der Waals surface area contributed by atoms with Crippen molar-refractivity contribution in [2.75, 3.05) is 0 Å². The summed E-state index contributed by atoms with van der Waals surface area (Å²) in [4.78, 5) is 37.0. The van der Waals surface area contributed by atoms with Crippen molar-refractivity contribution >= 4 is 17.7 Å². The zero-order valence-electron chi connectivity index (χ0n) is 17.8. The van der Waals surface area contributed by atoms with Crippen LogP contribution in [0.3, 0.4) is 0 Å². The molecule has 0 bridgehead atoms. The third-order valence-corrected chi connectivity index (χ3v) is 8.55. The first-order chi connectivity index (χ1) is 13.0. The molecular formula is C23H33NO4. The summed E-state index contributed by atoms with van der Waals surface area (Å²) in [6, 6.07) is 0. The second-order valence-electron chi connectivity index (χ2n) is 10.5. The van der Waals surface area contributed by atoms with Gasteiger partial charge in [0.15, 0.2) is 5.78 Å². The molecule has 154 valence electrons. The number of ketones is 1. The van der Waals surface area contributed by atoms with E-state index in [1.54, 1.807) is 0 Å². The van der Waals surface area contributed by atoms with Gasteiger partial charge in [-0.15, -0.1) is 0 Å². The van der Waals surface area contributed by atoms with Crippen LogP contribution < -0.4 is 5.32 Å². The van der Waals surface area contributed by atoms with E-state index < -0.39 is 0 Å². The van der Waals surface area contributed by atoms with Crippen LogP contribution in [-0.4, -0.2) is 29.3 Å². The van der Waals surface area contributed by atoms with E-state index in [2.05, 4.69) is 33.0 Å². The molecule has 0 aromatic heterocycles. The molecule has 1 aliphatic heterocycles. The molecule has 1 N–H and O–H groups in total. The van der Waals surface area contributed by atoms with E-state index in [9.17, 15) is 14.4 Å². The predicted molar refractivity (Wildman–Crippen MR) is 105 cm³/mol. The van der Waals surface area contributed by atoms with Crippen molar-refractivity contribution in [1.82, 2.24) is 5.32 Å². The molecule has 2 saturated carbocycles. The third kappa shape index (κ3) is 2.68. The molecule has 0 radical (unpaired) electrons. The smallest absolute Gasteiger partial charge is 0.302 e. The van der Waals surface area contributed by atoms with Crippen LogP contribution in [0, 0.1) is 28.6 Å². The largest absolute Gasteiger partial charge is 0.462 e. The van der Waals surface area contributed by atoms with Crippen LogP contribution in [0.2, 0.25) is 0 Å².